The summed E-state index contributed by atoms with van der Waals surface area (Å²) in [5.41, 5.74) is 0.841. The van der Waals surface area contributed by atoms with Gasteiger partial charge in [-0.2, -0.15) is 0 Å². The fourth-order valence-electron chi connectivity index (χ4n) is 2.33. The van der Waals surface area contributed by atoms with Gasteiger partial charge in [-0.15, -0.1) is 0 Å². The topological polar surface area (TPSA) is 43.8 Å². The van der Waals surface area contributed by atoms with Gasteiger partial charge in [-0.25, -0.2) is 4.39 Å². The van der Waals surface area contributed by atoms with E-state index in [1.165, 1.54) is 12.1 Å². The van der Waals surface area contributed by atoms with Crippen molar-refractivity contribution >= 4 is 11.6 Å². The lowest BCUT2D eigenvalue weighted by Crippen LogP contribution is -2.39. The second-order valence-corrected chi connectivity index (χ2v) is 4.95. The number of halogens is 1. The first-order chi connectivity index (χ1) is 9.06. The molecule has 0 aromatic heterocycles. The van der Waals surface area contributed by atoms with E-state index < -0.39 is 6.10 Å². The number of benzene rings is 1. The standard InChI is InChI=1S/C14H19FN2O2/c1-16(12-6-4-11(15)5-7-12)9-13(18)10-17-8-2-3-14(17)19/h4-7,13,18H,2-3,8-10H2,1H3. The molecule has 1 amide bonds. The van der Waals surface area contributed by atoms with Crippen molar-refractivity contribution in [2.24, 2.45) is 0 Å². The normalized spacial score (nSPS) is 16.8. The number of amides is 1. The molecule has 0 aliphatic carbocycles. The van der Waals surface area contributed by atoms with Crippen LogP contribution < -0.4 is 4.90 Å². The predicted octanol–water partition coefficient (Wildman–Crippen LogP) is 1.25. The molecule has 0 radical (unpaired) electrons. The van der Waals surface area contributed by atoms with Gasteiger partial charge in [0.1, 0.15) is 5.82 Å². The van der Waals surface area contributed by atoms with E-state index in [4.69, 9.17) is 0 Å². The first-order valence-electron chi connectivity index (χ1n) is 6.49. The van der Waals surface area contributed by atoms with Crippen LogP contribution in [0.15, 0.2) is 24.3 Å². The monoisotopic (exact) mass is 266 g/mol. The number of β-amino-alcohol motifs (C(OH)–C–C–N with tert-alkyl or cyclic N) is 1. The number of likely N-dealkylation sites (tertiary alicyclic amines) is 1. The van der Waals surface area contributed by atoms with Crippen molar-refractivity contribution in [1.29, 1.82) is 0 Å². The molecule has 1 aliphatic heterocycles. The zero-order valence-corrected chi connectivity index (χ0v) is 11.1. The maximum absolute atomic E-state index is 12.8. The molecule has 1 heterocycles. The first kappa shape index (κ1) is 13.8. The number of rotatable bonds is 5. The number of likely N-dealkylation sites (N-methyl/N-ethyl adjacent to an activating group) is 1. The molecule has 0 spiro atoms. The van der Waals surface area contributed by atoms with Crippen LogP contribution in [0.4, 0.5) is 10.1 Å². The zero-order valence-electron chi connectivity index (χ0n) is 11.1. The highest BCUT2D eigenvalue weighted by molar-refractivity contribution is 5.78. The van der Waals surface area contributed by atoms with Gasteiger partial charge in [0.2, 0.25) is 5.91 Å². The highest BCUT2D eigenvalue weighted by Gasteiger charge is 2.23. The molecule has 1 aliphatic rings. The van der Waals surface area contributed by atoms with Crippen LogP contribution in [0.2, 0.25) is 0 Å². The van der Waals surface area contributed by atoms with Crippen molar-refractivity contribution in [2.75, 3.05) is 31.6 Å². The summed E-state index contributed by atoms with van der Waals surface area (Å²) in [7, 11) is 1.84. The van der Waals surface area contributed by atoms with E-state index >= 15 is 0 Å². The molecule has 19 heavy (non-hydrogen) atoms. The molecule has 1 unspecified atom stereocenters. The summed E-state index contributed by atoms with van der Waals surface area (Å²) in [6.45, 7) is 1.51. The predicted molar refractivity (Wildman–Crippen MR) is 71.5 cm³/mol. The molecule has 1 N–H and O–H groups in total. The van der Waals surface area contributed by atoms with Gasteiger partial charge in [-0.05, 0) is 30.7 Å². The molecule has 5 heteroatoms. The van der Waals surface area contributed by atoms with E-state index in [0.29, 0.717) is 19.5 Å². The summed E-state index contributed by atoms with van der Waals surface area (Å²) >= 11 is 0. The Hall–Kier alpha value is -1.62. The minimum Gasteiger partial charge on any atom is -0.389 e. The number of aliphatic hydroxyl groups is 1. The van der Waals surface area contributed by atoms with Gasteiger partial charge in [0.25, 0.3) is 0 Å². The number of carbonyl (C=O) groups excluding carboxylic acids is 1. The molecular formula is C14H19FN2O2. The van der Waals surface area contributed by atoms with Gasteiger partial charge >= 0.3 is 0 Å². The van der Waals surface area contributed by atoms with Crippen molar-refractivity contribution in [2.45, 2.75) is 18.9 Å². The Morgan fingerprint density at radius 3 is 2.68 bits per heavy atom. The maximum atomic E-state index is 12.8. The second kappa shape index (κ2) is 6.02. The number of carbonyl (C=O) groups is 1. The Bertz CT molecular complexity index is 436. The SMILES string of the molecule is CN(CC(O)CN1CCCC1=O)c1ccc(F)cc1. The third-order valence-electron chi connectivity index (χ3n) is 3.35. The van der Waals surface area contributed by atoms with Crippen molar-refractivity contribution in [1.82, 2.24) is 4.90 Å². The number of nitrogens with zero attached hydrogens (tertiary/aromatic N) is 2. The summed E-state index contributed by atoms with van der Waals surface area (Å²) < 4.78 is 12.8. The van der Waals surface area contributed by atoms with E-state index in [1.54, 1.807) is 17.0 Å². The van der Waals surface area contributed by atoms with Crippen LogP contribution in [-0.2, 0) is 4.79 Å². The first-order valence-corrected chi connectivity index (χ1v) is 6.49. The minimum atomic E-state index is -0.600. The summed E-state index contributed by atoms with van der Waals surface area (Å²) in [6, 6.07) is 6.12. The molecule has 104 valence electrons. The number of hydrogen-bond donors (Lipinski definition) is 1. The molecule has 4 nitrogen and oxygen atoms in total. The van der Waals surface area contributed by atoms with Crippen LogP contribution in [-0.4, -0.2) is 48.7 Å². The summed E-state index contributed by atoms with van der Waals surface area (Å²) in [5.74, 6) is -0.163. The van der Waals surface area contributed by atoms with E-state index in [0.717, 1.165) is 18.7 Å². The van der Waals surface area contributed by atoms with Gasteiger partial charge in [0.05, 0.1) is 6.10 Å². The third kappa shape index (κ3) is 3.67. The Balaban J connectivity index is 1.85. The molecule has 1 fully saturated rings. The van der Waals surface area contributed by atoms with E-state index in [9.17, 15) is 14.3 Å². The van der Waals surface area contributed by atoms with Crippen LogP contribution in [0.3, 0.4) is 0 Å². The summed E-state index contributed by atoms with van der Waals surface area (Å²) in [5, 5.41) is 10.0. The average molecular weight is 266 g/mol. The van der Waals surface area contributed by atoms with Gasteiger partial charge in [0, 0.05) is 38.8 Å². The van der Waals surface area contributed by atoms with Crippen LogP contribution in [0.25, 0.3) is 0 Å². The summed E-state index contributed by atoms with van der Waals surface area (Å²) in [6.07, 6.45) is 0.858. The molecule has 1 aromatic carbocycles. The lowest BCUT2D eigenvalue weighted by atomic mass is 10.2. The fourth-order valence-corrected chi connectivity index (χ4v) is 2.33. The Kier molecular flexibility index (Phi) is 4.37. The van der Waals surface area contributed by atoms with Crippen LogP contribution >= 0.6 is 0 Å². The fraction of sp³-hybridized carbons (Fsp3) is 0.500. The zero-order chi connectivity index (χ0) is 13.8. The van der Waals surface area contributed by atoms with Crippen LogP contribution in [0, 0.1) is 5.82 Å². The molecule has 1 atom stereocenters. The number of aliphatic hydroxyl groups excluding tert-OH is 1. The minimum absolute atomic E-state index is 0.114. The smallest absolute Gasteiger partial charge is 0.222 e. The molecule has 0 bridgehead atoms. The lowest BCUT2D eigenvalue weighted by molar-refractivity contribution is -0.128. The molecule has 1 saturated heterocycles. The van der Waals surface area contributed by atoms with Gasteiger partial charge in [-0.3, -0.25) is 4.79 Å². The van der Waals surface area contributed by atoms with Gasteiger partial charge in [-0.1, -0.05) is 0 Å². The summed E-state index contributed by atoms with van der Waals surface area (Å²) in [4.78, 5) is 15.0. The van der Waals surface area contributed by atoms with Crippen molar-refractivity contribution in [3.8, 4) is 0 Å². The van der Waals surface area contributed by atoms with Crippen molar-refractivity contribution < 1.29 is 14.3 Å². The highest BCUT2D eigenvalue weighted by Crippen LogP contribution is 2.14. The van der Waals surface area contributed by atoms with Crippen LogP contribution in [0.5, 0.6) is 0 Å². The molecule has 0 saturated carbocycles. The van der Waals surface area contributed by atoms with Crippen LogP contribution in [0.1, 0.15) is 12.8 Å². The second-order valence-electron chi connectivity index (χ2n) is 4.95. The molecule has 1 aromatic rings. The number of hydrogen-bond acceptors (Lipinski definition) is 3. The Morgan fingerprint density at radius 2 is 2.11 bits per heavy atom. The Morgan fingerprint density at radius 1 is 1.42 bits per heavy atom. The van der Waals surface area contributed by atoms with Gasteiger partial charge < -0.3 is 14.9 Å². The lowest BCUT2D eigenvalue weighted by Gasteiger charge is -2.25. The Labute approximate surface area is 112 Å². The van der Waals surface area contributed by atoms with E-state index in [-0.39, 0.29) is 11.7 Å². The molecule has 2 rings (SSSR count). The average Bonchev–Trinajstić information content (AvgIpc) is 2.75. The largest absolute Gasteiger partial charge is 0.389 e. The highest BCUT2D eigenvalue weighted by atomic mass is 19.1. The third-order valence-corrected chi connectivity index (χ3v) is 3.35. The molecular weight excluding hydrogens is 247 g/mol. The maximum Gasteiger partial charge on any atom is 0.222 e. The van der Waals surface area contributed by atoms with Gasteiger partial charge in [0.15, 0.2) is 0 Å². The van der Waals surface area contributed by atoms with E-state index in [1.807, 2.05) is 11.9 Å². The number of anilines is 1. The van der Waals surface area contributed by atoms with E-state index in [2.05, 4.69) is 0 Å². The quantitative estimate of drug-likeness (QED) is 0.872. The van der Waals surface area contributed by atoms with Crippen molar-refractivity contribution in [3.05, 3.63) is 30.1 Å². The van der Waals surface area contributed by atoms with Crippen molar-refractivity contribution in [3.63, 3.8) is 0 Å².